The number of carbonyl (C=O) groups excluding carboxylic acids is 1. The van der Waals surface area contributed by atoms with Crippen molar-refractivity contribution in [1.29, 1.82) is 0 Å². The minimum Gasteiger partial charge on any atom is -0.348 e. The maximum absolute atomic E-state index is 12.9. The predicted octanol–water partition coefficient (Wildman–Crippen LogP) is 4.75. The summed E-state index contributed by atoms with van der Waals surface area (Å²) in [6.07, 6.45) is 0.992. The summed E-state index contributed by atoms with van der Waals surface area (Å²) in [5, 5.41) is 6.41. The quantitative estimate of drug-likeness (QED) is 0.557. The predicted molar refractivity (Wildman–Crippen MR) is 120 cm³/mol. The molecule has 0 spiro atoms. The second-order valence-corrected chi connectivity index (χ2v) is 9.40. The minimum atomic E-state index is 0.0223. The van der Waals surface area contributed by atoms with Crippen molar-refractivity contribution >= 4 is 29.0 Å². The van der Waals surface area contributed by atoms with Crippen molar-refractivity contribution in [2.45, 2.75) is 36.6 Å². The summed E-state index contributed by atoms with van der Waals surface area (Å²) in [4.78, 5) is 20.9. The number of nitrogens with zero attached hydrogens (tertiary/aromatic N) is 2. The maximum Gasteiger partial charge on any atom is 0.252 e. The fourth-order valence-electron chi connectivity index (χ4n) is 3.61. The van der Waals surface area contributed by atoms with Gasteiger partial charge in [0.25, 0.3) is 5.91 Å². The van der Waals surface area contributed by atoms with Crippen LogP contribution < -0.4 is 5.32 Å². The number of aryl methyl sites for hydroxylation is 1. The first-order valence-corrected chi connectivity index (χ1v) is 11.7. The fraction of sp³-hybridized carbons (Fsp3) is 0.304. The van der Waals surface area contributed by atoms with E-state index in [-0.39, 0.29) is 11.9 Å². The summed E-state index contributed by atoms with van der Waals surface area (Å²) >= 11 is 3.34. The van der Waals surface area contributed by atoms with Gasteiger partial charge in [-0.2, -0.15) is 0 Å². The number of nitrogens with one attached hydrogen (secondary N) is 1. The Morgan fingerprint density at radius 2 is 2.00 bits per heavy atom. The molecular formula is C23H25N3OS2. The van der Waals surface area contributed by atoms with Crippen molar-refractivity contribution in [3.63, 3.8) is 0 Å². The number of hydrogen-bond donors (Lipinski definition) is 1. The van der Waals surface area contributed by atoms with Crippen molar-refractivity contribution in [2.75, 3.05) is 13.1 Å². The number of aromatic nitrogens is 1. The molecule has 1 aromatic heterocycles. The smallest absolute Gasteiger partial charge is 0.252 e. The fourth-order valence-corrected chi connectivity index (χ4v) is 5.27. The molecule has 29 heavy (non-hydrogen) atoms. The van der Waals surface area contributed by atoms with Crippen LogP contribution in [-0.4, -0.2) is 34.9 Å². The number of thiazole rings is 1. The van der Waals surface area contributed by atoms with E-state index in [1.54, 1.807) is 23.1 Å². The van der Waals surface area contributed by atoms with E-state index < -0.39 is 0 Å². The summed E-state index contributed by atoms with van der Waals surface area (Å²) < 4.78 is 0. The second kappa shape index (κ2) is 9.57. The van der Waals surface area contributed by atoms with Crippen LogP contribution >= 0.6 is 23.1 Å². The van der Waals surface area contributed by atoms with Gasteiger partial charge in [-0.3, -0.25) is 9.69 Å². The van der Waals surface area contributed by atoms with Gasteiger partial charge in [-0.05, 0) is 31.0 Å². The van der Waals surface area contributed by atoms with Gasteiger partial charge in [0.15, 0.2) is 0 Å². The van der Waals surface area contributed by atoms with Crippen LogP contribution in [-0.2, 0) is 12.3 Å². The molecule has 1 aliphatic heterocycles. The molecule has 1 amide bonds. The molecule has 2 aromatic carbocycles. The molecule has 0 aliphatic carbocycles. The Morgan fingerprint density at radius 3 is 2.79 bits per heavy atom. The summed E-state index contributed by atoms with van der Waals surface area (Å²) in [5.74, 6) is 0.803. The number of benzene rings is 2. The third-order valence-corrected chi connectivity index (χ3v) is 6.96. The standard InChI is InChI=1S/C23H25N3OS2/c1-17-24-20(15-28-17)16-29-22-10-6-5-9-21(22)23(27)25-19-11-12-26(14-19)13-18-7-3-2-4-8-18/h2-10,15,19H,11-14,16H2,1H3,(H,25,27). The zero-order valence-electron chi connectivity index (χ0n) is 16.5. The number of thioether (sulfide) groups is 1. The molecule has 6 heteroatoms. The molecule has 0 bridgehead atoms. The van der Waals surface area contributed by atoms with Gasteiger partial charge in [0.05, 0.1) is 16.3 Å². The molecule has 1 unspecified atom stereocenters. The lowest BCUT2D eigenvalue weighted by Crippen LogP contribution is -2.37. The number of hydrogen-bond acceptors (Lipinski definition) is 5. The first-order chi connectivity index (χ1) is 14.2. The van der Waals surface area contributed by atoms with Gasteiger partial charge in [-0.25, -0.2) is 4.98 Å². The first kappa shape index (κ1) is 20.1. The third-order valence-electron chi connectivity index (χ3n) is 5.03. The molecule has 0 radical (unpaired) electrons. The van der Waals surface area contributed by atoms with Crippen molar-refractivity contribution in [2.24, 2.45) is 0 Å². The topological polar surface area (TPSA) is 45.2 Å². The van der Waals surface area contributed by atoms with Gasteiger partial charge in [0.1, 0.15) is 0 Å². The number of likely N-dealkylation sites (tertiary alicyclic amines) is 1. The van der Waals surface area contributed by atoms with Crippen LogP contribution in [0, 0.1) is 6.92 Å². The Hall–Kier alpha value is -2.15. The van der Waals surface area contributed by atoms with Crippen LogP contribution in [0.5, 0.6) is 0 Å². The molecule has 1 atom stereocenters. The van der Waals surface area contributed by atoms with Gasteiger partial charge in [0, 0.05) is 41.7 Å². The number of carbonyl (C=O) groups is 1. The van der Waals surface area contributed by atoms with Gasteiger partial charge in [0.2, 0.25) is 0 Å². The van der Waals surface area contributed by atoms with Crippen molar-refractivity contribution in [3.8, 4) is 0 Å². The van der Waals surface area contributed by atoms with Crippen LogP contribution in [0.4, 0.5) is 0 Å². The lowest BCUT2D eigenvalue weighted by molar-refractivity contribution is 0.0934. The number of rotatable bonds is 7. The van der Waals surface area contributed by atoms with Crippen molar-refractivity contribution in [1.82, 2.24) is 15.2 Å². The Morgan fingerprint density at radius 1 is 1.21 bits per heavy atom. The Labute approximate surface area is 180 Å². The zero-order valence-corrected chi connectivity index (χ0v) is 18.1. The highest BCUT2D eigenvalue weighted by molar-refractivity contribution is 7.98. The molecule has 1 N–H and O–H groups in total. The Balaban J connectivity index is 1.34. The average Bonchev–Trinajstić information content (AvgIpc) is 3.36. The largest absolute Gasteiger partial charge is 0.348 e. The summed E-state index contributed by atoms with van der Waals surface area (Å²) in [6.45, 7) is 4.86. The maximum atomic E-state index is 12.9. The van der Waals surface area contributed by atoms with E-state index in [1.807, 2.05) is 37.3 Å². The van der Waals surface area contributed by atoms with Crippen LogP contribution in [0.2, 0.25) is 0 Å². The molecule has 3 aromatic rings. The van der Waals surface area contributed by atoms with E-state index in [0.29, 0.717) is 0 Å². The van der Waals surface area contributed by atoms with Crippen LogP contribution in [0.3, 0.4) is 0 Å². The Bertz CT molecular complexity index is 958. The highest BCUT2D eigenvalue weighted by atomic mass is 32.2. The molecule has 4 rings (SSSR count). The van der Waals surface area contributed by atoms with E-state index in [4.69, 9.17) is 0 Å². The second-order valence-electron chi connectivity index (χ2n) is 7.32. The number of amides is 1. The van der Waals surface area contributed by atoms with Gasteiger partial charge in [-0.1, -0.05) is 42.5 Å². The lowest BCUT2D eigenvalue weighted by atomic mass is 10.2. The molecular weight excluding hydrogens is 398 g/mol. The monoisotopic (exact) mass is 423 g/mol. The van der Waals surface area contributed by atoms with Gasteiger partial charge < -0.3 is 5.32 Å². The van der Waals surface area contributed by atoms with E-state index in [9.17, 15) is 4.79 Å². The first-order valence-electron chi connectivity index (χ1n) is 9.87. The van der Waals surface area contributed by atoms with E-state index in [2.05, 4.69) is 44.8 Å². The highest BCUT2D eigenvalue weighted by Crippen LogP contribution is 2.27. The molecule has 1 fully saturated rings. The third kappa shape index (κ3) is 5.47. The zero-order chi connectivity index (χ0) is 20.1. The molecule has 2 heterocycles. The van der Waals surface area contributed by atoms with Crippen molar-refractivity contribution in [3.05, 3.63) is 81.8 Å². The van der Waals surface area contributed by atoms with Crippen LogP contribution in [0.25, 0.3) is 0 Å². The van der Waals surface area contributed by atoms with Crippen molar-refractivity contribution < 1.29 is 4.79 Å². The van der Waals surface area contributed by atoms with Gasteiger partial charge >= 0.3 is 0 Å². The molecule has 1 saturated heterocycles. The summed E-state index contributed by atoms with van der Waals surface area (Å²) in [5.41, 5.74) is 3.14. The lowest BCUT2D eigenvalue weighted by Gasteiger charge is -2.17. The molecule has 1 aliphatic rings. The minimum absolute atomic E-state index is 0.0223. The average molecular weight is 424 g/mol. The van der Waals surface area contributed by atoms with E-state index in [0.717, 1.165) is 53.0 Å². The molecule has 150 valence electrons. The summed E-state index contributed by atoms with van der Waals surface area (Å²) in [6, 6.07) is 18.6. The normalized spacial score (nSPS) is 16.8. The van der Waals surface area contributed by atoms with E-state index >= 15 is 0 Å². The van der Waals surface area contributed by atoms with Gasteiger partial charge in [-0.15, -0.1) is 23.1 Å². The summed E-state index contributed by atoms with van der Waals surface area (Å²) in [7, 11) is 0. The van der Waals surface area contributed by atoms with Crippen LogP contribution in [0.1, 0.15) is 33.0 Å². The molecule has 4 nitrogen and oxygen atoms in total. The highest BCUT2D eigenvalue weighted by Gasteiger charge is 2.25. The van der Waals surface area contributed by atoms with E-state index in [1.165, 1.54) is 5.56 Å². The SMILES string of the molecule is Cc1nc(CSc2ccccc2C(=O)NC2CCN(Cc3ccccc3)C2)cs1. The van der Waals surface area contributed by atoms with Crippen LogP contribution in [0.15, 0.2) is 64.9 Å². The molecule has 0 saturated carbocycles. The Kier molecular flexibility index (Phi) is 6.64.